The molecular weight excluding hydrogens is 484 g/mol. The Morgan fingerprint density at radius 2 is 1.57 bits per heavy atom. The van der Waals surface area contributed by atoms with Crippen LogP contribution in [0.2, 0.25) is 15.1 Å². The average Bonchev–Trinajstić information content (AvgIpc) is 2.68. The lowest BCUT2D eigenvalue weighted by Crippen LogP contribution is -2.03. The molecule has 146 valence electrons. The summed E-state index contributed by atoms with van der Waals surface area (Å²) in [6, 6.07) is 16.9. The lowest BCUT2D eigenvalue weighted by Gasteiger charge is -2.15. The highest BCUT2D eigenvalue weighted by Gasteiger charge is 2.13. The molecule has 0 bridgehead atoms. The van der Waals surface area contributed by atoms with Gasteiger partial charge in [-0.05, 0) is 48.0 Å². The van der Waals surface area contributed by atoms with Gasteiger partial charge in [0.25, 0.3) is 0 Å². The van der Waals surface area contributed by atoms with E-state index in [9.17, 15) is 0 Å². The molecule has 7 heteroatoms. The summed E-state index contributed by atoms with van der Waals surface area (Å²) in [5, 5.41) is 5.01. The third-order valence-electron chi connectivity index (χ3n) is 4.09. The van der Waals surface area contributed by atoms with Crippen molar-refractivity contribution in [2.24, 2.45) is 0 Å². The first-order valence-electron chi connectivity index (χ1n) is 8.39. The normalized spacial score (nSPS) is 10.6. The van der Waals surface area contributed by atoms with Gasteiger partial charge in [-0.15, -0.1) is 0 Å². The zero-order valence-electron chi connectivity index (χ0n) is 14.9. The fraction of sp³-hybridized carbons (Fsp3) is 0.143. The van der Waals surface area contributed by atoms with Crippen LogP contribution < -0.4 is 14.8 Å². The molecule has 0 fully saturated rings. The lowest BCUT2D eigenvalue weighted by molar-refractivity contribution is 0.284. The molecule has 3 aromatic rings. The summed E-state index contributed by atoms with van der Waals surface area (Å²) < 4.78 is 12.4. The van der Waals surface area contributed by atoms with Crippen LogP contribution in [0.15, 0.2) is 59.1 Å². The fourth-order valence-corrected chi connectivity index (χ4v) is 3.56. The van der Waals surface area contributed by atoms with Gasteiger partial charge in [0.15, 0.2) is 11.5 Å². The number of benzene rings is 3. The van der Waals surface area contributed by atoms with Crippen molar-refractivity contribution in [1.29, 1.82) is 0 Å². The molecule has 3 rings (SSSR count). The van der Waals surface area contributed by atoms with Crippen molar-refractivity contribution < 1.29 is 9.47 Å². The van der Waals surface area contributed by atoms with Crippen molar-refractivity contribution in [1.82, 2.24) is 0 Å². The summed E-state index contributed by atoms with van der Waals surface area (Å²) in [7, 11) is 1.59. The summed E-state index contributed by atoms with van der Waals surface area (Å²) in [6.07, 6.45) is 0. The first-order chi connectivity index (χ1) is 13.5. The molecule has 0 heterocycles. The second-order valence-electron chi connectivity index (χ2n) is 5.94. The minimum atomic E-state index is 0.210. The first kappa shape index (κ1) is 21.1. The Bertz CT molecular complexity index is 944. The van der Waals surface area contributed by atoms with Crippen LogP contribution in [-0.2, 0) is 13.2 Å². The largest absolute Gasteiger partial charge is 0.493 e. The molecule has 0 saturated heterocycles. The first-order valence-corrected chi connectivity index (χ1v) is 10.3. The van der Waals surface area contributed by atoms with E-state index in [2.05, 4.69) is 21.2 Å². The molecule has 0 atom stereocenters. The number of anilines is 1. The minimum absolute atomic E-state index is 0.210. The van der Waals surface area contributed by atoms with Crippen LogP contribution in [0.3, 0.4) is 0 Å². The summed E-state index contributed by atoms with van der Waals surface area (Å²) >= 11 is 22.3. The van der Waals surface area contributed by atoms with Gasteiger partial charge < -0.3 is 14.8 Å². The van der Waals surface area contributed by atoms with Gasteiger partial charge in [0.1, 0.15) is 6.61 Å². The van der Waals surface area contributed by atoms with Crippen LogP contribution in [-0.4, -0.2) is 7.11 Å². The molecule has 3 aromatic carbocycles. The molecular formula is C21H17BrCl3NO2. The summed E-state index contributed by atoms with van der Waals surface area (Å²) in [6.45, 7) is 0.759. The summed E-state index contributed by atoms with van der Waals surface area (Å²) in [5.74, 6) is 1.11. The molecule has 3 nitrogen and oxygen atoms in total. The van der Waals surface area contributed by atoms with Gasteiger partial charge in [0, 0.05) is 43.4 Å². The van der Waals surface area contributed by atoms with Crippen LogP contribution in [0.25, 0.3) is 0 Å². The van der Waals surface area contributed by atoms with Crippen molar-refractivity contribution in [3.05, 3.63) is 85.3 Å². The van der Waals surface area contributed by atoms with E-state index in [4.69, 9.17) is 44.3 Å². The highest BCUT2D eigenvalue weighted by atomic mass is 79.9. The standard InChI is InChI=1S/C21H17BrCl3NO2/c1-27-20-9-13(11-26-15-7-5-14(22)6-8-15)19(25)10-21(20)28-12-16-17(23)3-2-4-18(16)24/h2-10,26H,11-12H2,1H3. The van der Waals surface area contributed by atoms with Crippen LogP contribution in [0.5, 0.6) is 11.5 Å². The van der Waals surface area contributed by atoms with E-state index >= 15 is 0 Å². The Morgan fingerprint density at radius 1 is 0.893 bits per heavy atom. The number of hydrogen-bond acceptors (Lipinski definition) is 3. The second kappa shape index (κ2) is 9.75. The van der Waals surface area contributed by atoms with E-state index in [-0.39, 0.29) is 6.61 Å². The zero-order valence-corrected chi connectivity index (χ0v) is 18.8. The van der Waals surface area contributed by atoms with Crippen molar-refractivity contribution in [2.75, 3.05) is 12.4 Å². The van der Waals surface area contributed by atoms with Gasteiger partial charge in [0.2, 0.25) is 0 Å². The zero-order chi connectivity index (χ0) is 20.1. The van der Waals surface area contributed by atoms with Crippen molar-refractivity contribution in [3.8, 4) is 11.5 Å². The third kappa shape index (κ3) is 5.26. The van der Waals surface area contributed by atoms with Crippen molar-refractivity contribution >= 4 is 56.4 Å². The number of methoxy groups -OCH3 is 1. The summed E-state index contributed by atoms with van der Waals surface area (Å²) in [4.78, 5) is 0. The van der Waals surface area contributed by atoms with Crippen LogP contribution in [0, 0.1) is 0 Å². The van der Waals surface area contributed by atoms with Gasteiger partial charge in [-0.1, -0.05) is 56.8 Å². The molecule has 0 aliphatic heterocycles. The van der Waals surface area contributed by atoms with E-state index in [1.54, 1.807) is 31.4 Å². The van der Waals surface area contributed by atoms with Gasteiger partial charge in [-0.25, -0.2) is 0 Å². The quantitative estimate of drug-likeness (QED) is 0.361. The molecule has 1 N–H and O–H groups in total. The number of nitrogens with one attached hydrogen (secondary N) is 1. The third-order valence-corrected chi connectivity index (χ3v) is 5.68. The predicted molar refractivity (Wildman–Crippen MR) is 120 cm³/mol. The summed E-state index contributed by atoms with van der Waals surface area (Å²) in [5.41, 5.74) is 2.60. The number of halogens is 4. The Labute approximate surface area is 187 Å². The van der Waals surface area contributed by atoms with E-state index in [0.717, 1.165) is 15.7 Å². The molecule has 0 aliphatic rings. The maximum Gasteiger partial charge on any atom is 0.163 e. The average molecular weight is 502 g/mol. The van der Waals surface area contributed by atoms with E-state index < -0.39 is 0 Å². The fourth-order valence-electron chi connectivity index (χ4n) is 2.57. The molecule has 0 radical (unpaired) electrons. The molecule has 0 amide bonds. The lowest BCUT2D eigenvalue weighted by atomic mass is 10.2. The Morgan fingerprint density at radius 3 is 2.21 bits per heavy atom. The molecule has 0 aromatic heterocycles. The van der Waals surface area contributed by atoms with Crippen LogP contribution >= 0.6 is 50.7 Å². The highest BCUT2D eigenvalue weighted by Crippen LogP contribution is 2.35. The monoisotopic (exact) mass is 499 g/mol. The van der Waals surface area contributed by atoms with Crippen molar-refractivity contribution in [2.45, 2.75) is 13.2 Å². The predicted octanol–water partition coefficient (Wildman–Crippen LogP) is 7.61. The van der Waals surface area contributed by atoms with Gasteiger partial charge in [-0.3, -0.25) is 0 Å². The Balaban J connectivity index is 1.74. The van der Waals surface area contributed by atoms with Crippen LogP contribution in [0.4, 0.5) is 5.69 Å². The second-order valence-corrected chi connectivity index (χ2v) is 8.08. The number of rotatable bonds is 7. The van der Waals surface area contributed by atoms with E-state index in [0.29, 0.717) is 38.7 Å². The van der Waals surface area contributed by atoms with Crippen molar-refractivity contribution in [3.63, 3.8) is 0 Å². The molecule has 0 saturated carbocycles. The molecule has 0 aliphatic carbocycles. The SMILES string of the molecule is COc1cc(CNc2ccc(Br)cc2)c(Cl)cc1OCc1c(Cl)cccc1Cl. The smallest absolute Gasteiger partial charge is 0.163 e. The Kier molecular flexibility index (Phi) is 7.36. The van der Waals surface area contributed by atoms with Crippen LogP contribution in [0.1, 0.15) is 11.1 Å². The number of ether oxygens (including phenoxy) is 2. The maximum atomic E-state index is 6.46. The topological polar surface area (TPSA) is 30.5 Å². The molecule has 0 spiro atoms. The van der Waals surface area contributed by atoms with Gasteiger partial charge in [0.05, 0.1) is 7.11 Å². The minimum Gasteiger partial charge on any atom is -0.493 e. The molecule has 28 heavy (non-hydrogen) atoms. The highest BCUT2D eigenvalue weighted by molar-refractivity contribution is 9.10. The Hall–Kier alpha value is -1.59. The number of hydrogen-bond donors (Lipinski definition) is 1. The van der Waals surface area contributed by atoms with Gasteiger partial charge >= 0.3 is 0 Å². The molecule has 0 unspecified atom stereocenters. The maximum absolute atomic E-state index is 6.46. The van der Waals surface area contributed by atoms with E-state index in [1.165, 1.54) is 0 Å². The van der Waals surface area contributed by atoms with Gasteiger partial charge in [-0.2, -0.15) is 0 Å². The van der Waals surface area contributed by atoms with E-state index in [1.807, 2.05) is 30.3 Å².